The lowest BCUT2D eigenvalue weighted by Crippen LogP contribution is -2.54. The zero-order chi connectivity index (χ0) is 23.7. The van der Waals surface area contributed by atoms with Crippen molar-refractivity contribution in [1.29, 1.82) is 0 Å². The molecule has 168 valence electrons. The van der Waals surface area contributed by atoms with Crippen LogP contribution in [0.2, 0.25) is 5.02 Å². The molecule has 7 nitrogen and oxygen atoms in total. The van der Waals surface area contributed by atoms with E-state index < -0.39 is 17.8 Å². The van der Waals surface area contributed by atoms with Gasteiger partial charge in [0.05, 0.1) is 12.3 Å². The van der Waals surface area contributed by atoms with Gasteiger partial charge in [-0.1, -0.05) is 11.6 Å². The van der Waals surface area contributed by atoms with Crippen LogP contribution in [0.15, 0.2) is 60.2 Å². The second-order valence-corrected chi connectivity index (χ2v) is 7.96. The number of benzene rings is 2. The number of hydrogen-bond donors (Lipinski definition) is 1. The summed E-state index contributed by atoms with van der Waals surface area (Å²) in [5.74, 6) is -0.805. The van der Waals surface area contributed by atoms with Gasteiger partial charge >= 0.3 is 6.03 Å². The minimum absolute atomic E-state index is 0.125. The topological polar surface area (TPSA) is 80.6 Å². The van der Waals surface area contributed by atoms with Crippen molar-refractivity contribution in [3.63, 3.8) is 0 Å². The van der Waals surface area contributed by atoms with Crippen LogP contribution < -0.4 is 15.0 Å². The van der Waals surface area contributed by atoms with E-state index >= 15 is 0 Å². The third-order valence-corrected chi connectivity index (χ3v) is 5.61. The molecule has 1 N–H and O–H groups in total. The van der Waals surface area contributed by atoms with Crippen molar-refractivity contribution in [2.75, 3.05) is 11.5 Å². The maximum absolute atomic E-state index is 13.2. The predicted molar refractivity (Wildman–Crippen MR) is 127 cm³/mol. The van der Waals surface area contributed by atoms with E-state index in [1.165, 1.54) is 6.08 Å². The lowest BCUT2D eigenvalue weighted by Gasteiger charge is -2.26. The summed E-state index contributed by atoms with van der Waals surface area (Å²) in [5.41, 5.74) is 3.58. The Kier molecular flexibility index (Phi) is 6.07. The van der Waals surface area contributed by atoms with Gasteiger partial charge in [-0.25, -0.2) is 9.69 Å². The number of anilines is 1. The van der Waals surface area contributed by atoms with Crippen molar-refractivity contribution >= 4 is 41.2 Å². The summed E-state index contributed by atoms with van der Waals surface area (Å²) >= 11 is 6.01. The van der Waals surface area contributed by atoms with Gasteiger partial charge in [0, 0.05) is 22.1 Å². The molecule has 2 aromatic carbocycles. The molecular weight excluding hydrogens is 442 g/mol. The average Bonchev–Trinajstić information content (AvgIpc) is 3.06. The van der Waals surface area contributed by atoms with Crippen molar-refractivity contribution in [2.45, 2.75) is 20.8 Å². The summed E-state index contributed by atoms with van der Waals surface area (Å²) in [6.07, 6.45) is 1.51. The zero-order valence-corrected chi connectivity index (χ0v) is 19.1. The van der Waals surface area contributed by atoms with Crippen LogP contribution in [-0.4, -0.2) is 29.0 Å². The summed E-state index contributed by atoms with van der Waals surface area (Å²) < 4.78 is 7.41. The third kappa shape index (κ3) is 4.27. The fourth-order valence-corrected chi connectivity index (χ4v) is 3.95. The highest BCUT2D eigenvalue weighted by Crippen LogP contribution is 2.27. The number of nitrogens with one attached hydrogen (secondary N) is 1. The number of ether oxygens (including phenoxy) is 1. The number of hydrogen-bond acceptors (Lipinski definition) is 4. The van der Waals surface area contributed by atoms with Gasteiger partial charge in [-0.2, -0.15) is 0 Å². The monoisotopic (exact) mass is 463 g/mol. The van der Waals surface area contributed by atoms with E-state index in [-0.39, 0.29) is 5.57 Å². The van der Waals surface area contributed by atoms with Gasteiger partial charge in [0.2, 0.25) is 0 Å². The van der Waals surface area contributed by atoms with Gasteiger partial charge in [-0.05, 0) is 87.0 Å². The Morgan fingerprint density at radius 3 is 2.24 bits per heavy atom. The highest BCUT2D eigenvalue weighted by molar-refractivity contribution is 6.39. The molecule has 4 amide bonds. The van der Waals surface area contributed by atoms with Gasteiger partial charge in [-0.3, -0.25) is 14.9 Å². The second-order valence-electron chi connectivity index (χ2n) is 7.52. The van der Waals surface area contributed by atoms with Crippen LogP contribution in [0.25, 0.3) is 11.8 Å². The number of carbonyl (C=O) groups is 3. The third-order valence-electron chi connectivity index (χ3n) is 5.36. The number of amides is 4. The fraction of sp³-hybridized carbons (Fsp3) is 0.160. The van der Waals surface area contributed by atoms with Gasteiger partial charge < -0.3 is 9.30 Å². The van der Waals surface area contributed by atoms with Crippen molar-refractivity contribution in [3.8, 4) is 11.4 Å². The molecule has 0 saturated carbocycles. The number of aromatic nitrogens is 1. The highest BCUT2D eigenvalue weighted by atomic mass is 35.5. The van der Waals surface area contributed by atoms with E-state index in [2.05, 4.69) is 5.32 Å². The summed E-state index contributed by atoms with van der Waals surface area (Å²) in [5, 5.41) is 2.88. The molecule has 0 unspecified atom stereocenters. The van der Waals surface area contributed by atoms with Gasteiger partial charge in [-0.15, -0.1) is 0 Å². The predicted octanol–water partition coefficient (Wildman–Crippen LogP) is 4.81. The molecule has 1 aliphatic rings. The first-order valence-electron chi connectivity index (χ1n) is 10.4. The molecule has 0 atom stereocenters. The molecule has 0 radical (unpaired) electrons. The quantitative estimate of drug-likeness (QED) is 0.435. The molecule has 2 heterocycles. The van der Waals surface area contributed by atoms with E-state index in [1.54, 1.807) is 36.4 Å². The normalized spacial score (nSPS) is 15.2. The first kappa shape index (κ1) is 22.4. The van der Waals surface area contributed by atoms with E-state index in [9.17, 15) is 14.4 Å². The number of rotatable bonds is 5. The Morgan fingerprint density at radius 1 is 0.970 bits per heavy atom. The van der Waals surface area contributed by atoms with Crippen LogP contribution >= 0.6 is 11.6 Å². The first-order valence-corrected chi connectivity index (χ1v) is 10.8. The second kappa shape index (κ2) is 8.96. The molecule has 0 aliphatic carbocycles. The average molecular weight is 464 g/mol. The summed E-state index contributed by atoms with van der Waals surface area (Å²) in [4.78, 5) is 39.2. The molecule has 3 aromatic rings. The van der Waals surface area contributed by atoms with Crippen LogP contribution in [0.1, 0.15) is 23.9 Å². The minimum Gasteiger partial charge on any atom is -0.494 e. The summed E-state index contributed by atoms with van der Waals surface area (Å²) in [6, 6.07) is 15.0. The van der Waals surface area contributed by atoms with Gasteiger partial charge in [0.1, 0.15) is 11.3 Å². The van der Waals surface area contributed by atoms with E-state index in [0.717, 1.165) is 22.0 Å². The zero-order valence-electron chi connectivity index (χ0n) is 18.4. The Bertz CT molecular complexity index is 1270. The summed E-state index contributed by atoms with van der Waals surface area (Å²) in [7, 11) is 0. The first-order chi connectivity index (χ1) is 15.8. The SMILES string of the molecule is CCOc1ccc(N2C(=O)NC(=O)C(=Cc3cc(C)n(-c4ccc(Cl)cc4)c3C)C2=O)cc1. The van der Waals surface area contributed by atoms with Crippen molar-refractivity contribution < 1.29 is 19.1 Å². The molecule has 33 heavy (non-hydrogen) atoms. The minimum atomic E-state index is -0.794. The van der Waals surface area contributed by atoms with Gasteiger partial charge in [0.15, 0.2) is 0 Å². The maximum Gasteiger partial charge on any atom is 0.335 e. The molecule has 1 aromatic heterocycles. The number of carbonyl (C=O) groups excluding carboxylic acids is 3. The Labute approximate surface area is 196 Å². The number of barbiturate groups is 1. The maximum atomic E-state index is 13.2. The largest absolute Gasteiger partial charge is 0.494 e. The van der Waals surface area contributed by atoms with Crippen molar-refractivity contribution in [3.05, 3.63) is 82.1 Å². The number of urea groups is 1. The van der Waals surface area contributed by atoms with Crippen molar-refractivity contribution in [1.82, 2.24) is 9.88 Å². The number of imide groups is 2. The Hall–Kier alpha value is -3.84. The number of nitrogens with zero attached hydrogens (tertiary/aromatic N) is 2. The van der Waals surface area contributed by atoms with E-state index in [4.69, 9.17) is 16.3 Å². The molecule has 1 fully saturated rings. The standard InChI is InChI=1S/C25H22ClN3O4/c1-4-33-21-11-9-20(10-12-21)29-24(31)22(23(30)27-25(29)32)14-17-13-15(2)28(16(17)3)19-7-5-18(26)6-8-19/h5-14H,4H2,1-3H3,(H,27,30,32). The van der Waals surface area contributed by atoms with Crippen LogP contribution in [0, 0.1) is 13.8 Å². The van der Waals surface area contributed by atoms with Crippen LogP contribution in [0.3, 0.4) is 0 Å². The van der Waals surface area contributed by atoms with Crippen LogP contribution in [0.4, 0.5) is 10.5 Å². The smallest absolute Gasteiger partial charge is 0.335 e. The molecule has 4 rings (SSSR count). The molecule has 8 heteroatoms. The number of aryl methyl sites for hydroxylation is 1. The fourth-order valence-electron chi connectivity index (χ4n) is 3.83. The number of halogens is 1. The summed E-state index contributed by atoms with van der Waals surface area (Å²) in [6.45, 7) is 6.19. The van der Waals surface area contributed by atoms with Crippen LogP contribution in [0.5, 0.6) is 5.75 Å². The Balaban J connectivity index is 1.71. The highest BCUT2D eigenvalue weighted by Gasteiger charge is 2.37. The molecule has 1 aliphatic heterocycles. The molecule has 0 bridgehead atoms. The van der Waals surface area contributed by atoms with E-state index in [0.29, 0.717) is 28.6 Å². The van der Waals surface area contributed by atoms with E-state index in [1.807, 2.05) is 43.5 Å². The Morgan fingerprint density at radius 2 is 1.61 bits per heavy atom. The molecule has 0 spiro atoms. The van der Waals surface area contributed by atoms with Gasteiger partial charge in [0.25, 0.3) is 11.8 Å². The molecule has 1 saturated heterocycles. The van der Waals surface area contributed by atoms with Crippen molar-refractivity contribution in [2.24, 2.45) is 0 Å². The molecular formula is C25H22ClN3O4. The lowest BCUT2D eigenvalue weighted by atomic mass is 10.1. The van der Waals surface area contributed by atoms with Crippen LogP contribution in [-0.2, 0) is 9.59 Å². The lowest BCUT2D eigenvalue weighted by molar-refractivity contribution is -0.122.